The number of fused-ring (bicyclic) bond motifs is 1. The summed E-state index contributed by atoms with van der Waals surface area (Å²) in [7, 11) is 0. The summed E-state index contributed by atoms with van der Waals surface area (Å²) in [6.07, 6.45) is 8.62. The number of rotatable bonds is 13. The number of unbranched alkanes of at least 4 members (excludes halogenated alkanes) is 4. The minimum atomic E-state index is -0.615. The molecule has 2 rings (SSSR count). The van der Waals surface area contributed by atoms with E-state index in [1.165, 1.54) is 6.07 Å². The van der Waals surface area contributed by atoms with Gasteiger partial charge in [-0.2, -0.15) is 0 Å². The van der Waals surface area contributed by atoms with Crippen molar-refractivity contribution in [2.24, 2.45) is 11.1 Å². The van der Waals surface area contributed by atoms with Gasteiger partial charge in [0.05, 0.1) is 0 Å². The summed E-state index contributed by atoms with van der Waals surface area (Å²) in [5, 5.41) is 11.1. The van der Waals surface area contributed by atoms with Gasteiger partial charge in [0, 0.05) is 0 Å². The molecule has 1 amide bonds. The number of non-ortho nitro benzene ring substituents is 1. The molecule has 1 unspecified atom stereocenters. The van der Waals surface area contributed by atoms with Crippen molar-refractivity contribution in [3.63, 3.8) is 0 Å². The first-order valence-electron chi connectivity index (χ1n) is 10.3. The fourth-order valence-corrected chi connectivity index (χ4v) is 4.47. The molecule has 0 aliphatic carbocycles. The molecular formula is C21H30N4O4Se. The second-order valence-electron chi connectivity index (χ2n) is 7.69. The number of amides is 1. The van der Waals surface area contributed by atoms with Gasteiger partial charge in [-0.3, -0.25) is 0 Å². The molecule has 2 N–H and O–H groups in total. The Morgan fingerprint density at radius 2 is 2.00 bits per heavy atom. The van der Waals surface area contributed by atoms with Crippen LogP contribution < -0.4 is 10.5 Å². The average Bonchev–Trinajstić information content (AvgIpc) is 3.20. The number of nitro benzene ring substituents is 1. The zero-order valence-electron chi connectivity index (χ0n) is 17.8. The van der Waals surface area contributed by atoms with Gasteiger partial charge in [-0.15, -0.1) is 0 Å². The Hall–Kier alpha value is -2.25. The first-order chi connectivity index (χ1) is 14.3. The molecule has 0 aliphatic rings. The number of aromatic nitrogens is 2. The topological polar surface area (TPSA) is 121 Å². The molecule has 164 valence electrons. The number of carbonyl (C=O) groups is 1. The van der Waals surface area contributed by atoms with E-state index in [0.717, 1.165) is 44.1 Å². The quantitative estimate of drug-likeness (QED) is 0.151. The molecule has 1 aromatic heterocycles. The third-order valence-electron chi connectivity index (χ3n) is 5.55. The zero-order chi connectivity index (χ0) is 22.1. The van der Waals surface area contributed by atoms with E-state index in [1.807, 2.05) is 13.8 Å². The third kappa shape index (κ3) is 5.89. The van der Waals surface area contributed by atoms with Crippen molar-refractivity contribution in [3.05, 3.63) is 33.9 Å². The molecule has 0 saturated heterocycles. The van der Waals surface area contributed by atoms with E-state index in [1.54, 1.807) is 6.07 Å². The second kappa shape index (κ2) is 11.2. The Kier molecular flexibility index (Phi) is 8.99. The van der Waals surface area contributed by atoms with E-state index < -0.39 is 10.3 Å². The fourth-order valence-electron chi connectivity index (χ4n) is 3.30. The molecule has 0 saturated carbocycles. The number of nitrogens with zero attached hydrogens (tertiary/aromatic N) is 3. The van der Waals surface area contributed by atoms with Crippen molar-refractivity contribution in [3.8, 4) is 5.75 Å². The SMILES string of the molecule is CCCCC=C(C)C(C)(CCCCCOc1ccc([N+](=O)[O-])c2n[se]nc12)C(N)=O. The van der Waals surface area contributed by atoms with Gasteiger partial charge in [0.15, 0.2) is 0 Å². The molecule has 8 nitrogen and oxygen atoms in total. The number of nitro groups is 1. The Bertz CT molecular complexity index is 912. The van der Waals surface area contributed by atoms with Crippen LogP contribution in [0, 0.1) is 15.5 Å². The Morgan fingerprint density at radius 3 is 2.67 bits per heavy atom. The van der Waals surface area contributed by atoms with Crippen LogP contribution in [0.1, 0.15) is 65.7 Å². The van der Waals surface area contributed by atoms with Crippen molar-refractivity contribution in [1.82, 2.24) is 7.96 Å². The number of primary amides is 1. The second-order valence-corrected chi connectivity index (χ2v) is 8.79. The van der Waals surface area contributed by atoms with Gasteiger partial charge >= 0.3 is 157 Å². The van der Waals surface area contributed by atoms with Gasteiger partial charge in [-0.05, 0) is 6.42 Å². The monoisotopic (exact) mass is 482 g/mol. The van der Waals surface area contributed by atoms with Gasteiger partial charge in [0.25, 0.3) is 0 Å². The average molecular weight is 481 g/mol. The standard InChI is InChI=1S/C21H30N4O4Se/c1-4-5-7-10-15(2)21(3,20(22)26)13-8-6-9-14-29-17-12-11-16(25(27)28)18-19(17)24-30-23-18/h10-12H,4-9,13-14H2,1-3H3,(H2,22,26). The number of hydrogen-bond acceptors (Lipinski definition) is 6. The van der Waals surface area contributed by atoms with Crippen LogP contribution in [0.3, 0.4) is 0 Å². The summed E-state index contributed by atoms with van der Waals surface area (Å²) < 4.78 is 14.2. The number of carbonyl (C=O) groups excluding carboxylic acids is 1. The van der Waals surface area contributed by atoms with Crippen LogP contribution in [0.5, 0.6) is 5.75 Å². The van der Waals surface area contributed by atoms with Crippen molar-refractivity contribution in [2.75, 3.05) is 6.61 Å². The van der Waals surface area contributed by atoms with Crippen molar-refractivity contribution in [1.29, 1.82) is 0 Å². The van der Waals surface area contributed by atoms with Crippen LogP contribution in [0.15, 0.2) is 23.8 Å². The van der Waals surface area contributed by atoms with Gasteiger partial charge in [-0.25, -0.2) is 0 Å². The predicted octanol–water partition coefficient (Wildman–Crippen LogP) is 4.16. The van der Waals surface area contributed by atoms with Gasteiger partial charge in [-0.1, -0.05) is 19.8 Å². The van der Waals surface area contributed by atoms with Crippen LogP contribution in [0.25, 0.3) is 11.0 Å². The molecular weight excluding hydrogens is 451 g/mol. The zero-order valence-corrected chi connectivity index (χ0v) is 19.6. The fraction of sp³-hybridized carbons (Fsp3) is 0.571. The Labute approximate surface area is 183 Å². The first kappa shape index (κ1) is 24.0. The summed E-state index contributed by atoms with van der Waals surface area (Å²) in [5.74, 6) is 0.257. The number of benzene rings is 1. The molecule has 30 heavy (non-hydrogen) atoms. The van der Waals surface area contributed by atoms with Crippen LogP contribution >= 0.6 is 0 Å². The van der Waals surface area contributed by atoms with Crippen molar-refractivity contribution in [2.45, 2.75) is 65.7 Å². The molecule has 0 fully saturated rings. The normalized spacial score (nSPS) is 13.9. The van der Waals surface area contributed by atoms with E-state index in [4.69, 9.17) is 10.5 Å². The van der Waals surface area contributed by atoms with Crippen LogP contribution in [0.4, 0.5) is 5.69 Å². The van der Waals surface area contributed by atoms with Crippen molar-refractivity contribution < 1.29 is 14.5 Å². The molecule has 1 atom stereocenters. The molecule has 0 bridgehead atoms. The number of hydrogen-bond donors (Lipinski definition) is 1. The molecule has 9 heteroatoms. The molecule has 0 aliphatic heterocycles. The van der Waals surface area contributed by atoms with Gasteiger partial charge < -0.3 is 0 Å². The summed E-state index contributed by atoms with van der Waals surface area (Å²) in [4.78, 5) is 22.7. The van der Waals surface area contributed by atoms with Crippen LogP contribution in [-0.2, 0) is 4.79 Å². The van der Waals surface area contributed by atoms with Gasteiger partial charge in [0.1, 0.15) is 0 Å². The Balaban J connectivity index is 1.85. The molecule has 0 spiro atoms. The maximum absolute atomic E-state index is 12.1. The Morgan fingerprint density at radius 1 is 1.27 bits per heavy atom. The molecule has 1 aromatic carbocycles. The molecule has 1 heterocycles. The van der Waals surface area contributed by atoms with E-state index in [0.29, 0.717) is 29.8 Å². The van der Waals surface area contributed by atoms with E-state index >= 15 is 0 Å². The van der Waals surface area contributed by atoms with Crippen LogP contribution in [-0.4, -0.2) is 40.4 Å². The summed E-state index contributed by atoms with van der Waals surface area (Å²) in [5.41, 5.74) is 6.91. The maximum atomic E-state index is 12.1. The number of ether oxygens (including phenoxy) is 1. The minimum absolute atomic E-state index is 0.0337. The van der Waals surface area contributed by atoms with E-state index in [9.17, 15) is 14.9 Å². The van der Waals surface area contributed by atoms with Crippen LogP contribution in [0.2, 0.25) is 0 Å². The molecule has 0 radical (unpaired) electrons. The first-order valence-corrected chi connectivity index (χ1v) is 11.8. The summed E-state index contributed by atoms with van der Waals surface area (Å²) in [6.45, 7) is 6.55. The third-order valence-corrected chi connectivity index (χ3v) is 6.66. The predicted molar refractivity (Wildman–Crippen MR) is 118 cm³/mol. The van der Waals surface area contributed by atoms with Crippen molar-refractivity contribution >= 4 is 37.6 Å². The summed E-state index contributed by atoms with van der Waals surface area (Å²) >= 11 is -0.367. The molecule has 2 aromatic rings. The van der Waals surface area contributed by atoms with E-state index in [2.05, 4.69) is 21.0 Å². The number of allylic oxidation sites excluding steroid dienone is 1. The van der Waals surface area contributed by atoms with Gasteiger partial charge in [0.2, 0.25) is 0 Å². The summed E-state index contributed by atoms with van der Waals surface area (Å²) in [6, 6.07) is 3.01. The number of nitrogens with two attached hydrogens (primary N) is 1. The van der Waals surface area contributed by atoms with E-state index in [-0.39, 0.29) is 26.6 Å².